The van der Waals surface area contributed by atoms with Crippen molar-refractivity contribution in [2.45, 2.75) is 23.6 Å². The van der Waals surface area contributed by atoms with E-state index in [2.05, 4.69) is 36.6 Å². The van der Waals surface area contributed by atoms with E-state index in [1.165, 1.54) is 0 Å². The lowest BCUT2D eigenvalue weighted by Gasteiger charge is -2.16. The first-order chi connectivity index (χ1) is 14.6. The lowest BCUT2D eigenvalue weighted by Crippen LogP contribution is -2.03. The summed E-state index contributed by atoms with van der Waals surface area (Å²) in [6, 6.07) is 31.7. The van der Waals surface area contributed by atoms with Crippen molar-refractivity contribution >= 4 is 33.5 Å². The molecule has 4 aromatic carbocycles. The monoisotopic (exact) mass is 412 g/mol. The van der Waals surface area contributed by atoms with E-state index in [-0.39, 0.29) is 0 Å². The first-order valence-electron chi connectivity index (χ1n) is 9.88. The Labute approximate surface area is 180 Å². The van der Waals surface area contributed by atoms with Crippen LogP contribution in [0.15, 0.2) is 107 Å². The first kappa shape index (κ1) is 19.9. The molecule has 0 aromatic heterocycles. The maximum atomic E-state index is 13.7. The van der Waals surface area contributed by atoms with Crippen molar-refractivity contribution in [1.82, 2.24) is 0 Å². The normalized spacial score (nSPS) is 10.8. The highest BCUT2D eigenvalue weighted by Crippen LogP contribution is 2.32. The Balaban J connectivity index is 1.70. The molecule has 30 heavy (non-hydrogen) atoms. The third-order valence-electron chi connectivity index (χ3n) is 5.00. The van der Waals surface area contributed by atoms with Crippen molar-refractivity contribution in [2.24, 2.45) is 0 Å². The molecule has 0 spiro atoms. The van der Waals surface area contributed by atoms with Crippen LogP contribution in [0.1, 0.15) is 11.1 Å². The SMILES string of the molecule is Cc1ccccc1Nc1ccccc1S(=O)c1ccccc1Nc1ccccc1C. The van der Waals surface area contributed by atoms with Crippen molar-refractivity contribution in [3.63, 3.8) is 0 Å². The molecular formula is C26H24N2OS. The molecule has 3 nitrogen and oxygen atoms in total. The van der Waals surface area contributed by atoms with E-state index in [9.17, 15) is 4.21 Å². The summed E-state index contributed by atoms with van der Waals surface area (Å²) in [5.74, 6) is 0. The summed E-state index contributed by atoms with van der Waals surface area (Å²) in [5, 5.41) is 6.91. The second-order valence-corrected chi connectivity index (χ2v) is 8.56. The summed E-state index contributed by atoms with van der Waals surface area (Å²) in [6.45, 7) is 4.12. The minimum atomic E-state index is -1.36. The summed E-state index contributed by atoms with van der Waals surface area (Å²) in [4.78, 5) is 1.50. The second-order valence-electron chi connectivity index (χ2n) is 7.14. The minimum absolute atomic E-state index is 0.750. The van der Waals surface area contributed by atoms with Gasteiger partial charge in [0.25, 0.3) is 0 Å². The molecule has 0 radical (unpaired) electrons. The lowest BCUT2D eigenvalue weighted by molar-refractivity contribution is 0.683. The van der Waals surface area contributed by atoms with Crippen LogP contribution in [-0.2, 0) is 10.8 Å². The molecule has 4 heteroatoms. The Morgan fingerprint density at radius 2 is 0.833 bits per heavy atom. The highest BCUT2D eigenvalue weighted by Gasteiger charge is 2.16. The Kier molecular flexibility index (Phi) is 5.96. The van der Waals surface area contributed by atoms with Crippen LogP contribution in [0.25, 0.3) is 0 Å². The quantitative estimate of drug-likeness (QED) is 0.360. The van der Waals surface area contributed by atoms with E-state index in [1.807, 2.05) is 84.9 Å². The third-order valence-corrected chi connectivity index (χ3v) is 6.51. The van der Waals surface area contributed by atoms with Crippen LogP contribution in [0.4, 0.5) is 22.7 Å². The van der Waals surface area contributed by atoms with Crippen LogP contribution < -0.4 is 10.6 Å². The average molecular weight is 413 g/mol. The van der Waals surface area contributed by atoms with E-state index >= 15 is 0 Å². The molecule has 2 N–H and O–H groups in total. The summed E-state index contributed by atoms with van der Waals surface area (Å²) >= 11 is 0. The van der Waals surface area contributed by atoms with Gasteiger partial charge in [-0.3, -0.25) is 0 Å². The molecule has 0 saturated carbocycles. The molecule has 0 atom stereocenters. The van der Waals surface area contributed by atoms with Crippen molar-refractivity contribution in [2.75, 3.05) is 10.6 Å². The Hall–Kier alpha value is -3.37. The fraction of sp³-hybridized carbons (Fsp3) is 0.0769. The number of nitrogens with one attached hydrogen (secondary N) is 2. The molecule has 0 unspecified atom stereocenters. The van der Waals surface area contributed by atoms with Gasteiger partial charge in [0.05, 0.1) is 32.0 Å². The van der Waals surface area contributed by atoms with Gasteiger partial charge in [-0.2, -0.15) is 0 Å². The van der Waals surface area contributed by atoms with Gasteiger partial charge in [-0.15, -0.1) is 0 Å². The third kappa shape index (κ3) is 4.29. The van der Waals surface area contributed by atoms with Crippen LogP contribution in [0.2, 0.25) is 0 Å². The van der Waals surface area contributed by atoms with Gasteiger partial charge in [0.15, 0.2) is 0 Å². The van der Waals surface area contributed by atoms with Crippen LogP contribution >= 0.6 is 0 Å². The Morgan fingerprint density at radius 1 is 0.500 bits per heavy atom. The standard InChI is InChI=1S/C26H24N2OS/c1-19-11-3-5-13-21(19)27-23-15-7-9-17-25(23)30(29)26-18-10-8-16-24(26)28-22-14-6-4-12-20(22)2/h3-18,27-28H,1-2H3. The highest BCUT2D eigenvalue weighted by atomic mass is 32.2. The predicted octanol–water partition coefficient (Wildman–Crippen LogP) is 6.96. The van der Waals surface area contributed by atoms with Crippen LogP contribution in [-0.4, -0.2) is 4.21 Å². The van der Waals surface area contributed by atoms with Gasteiger partial charge in [0.2, 0.25) is 0 Å². The topological polar surface area (TPSA) is 41.1 Å². The van der Waals surface area contributed by atoms with Crippen molar-refractivity contribution in [1.29, 1.82) is 0 Å². The molecule has 4 aromatic rings. The maximum Gasteiger partial charge on any atom is 0.0892 e. The number of anilines is 4. The van der Waals surface area contributed by atoms with E-state index in [4.69, 9.17) is 0 Å². The zero-order valence-electron chi connectivity index (χ0n) is 17.1. The Bertz CT molecular complexity index is 1110. The molecule has 0 fully saturated rings. The van der Waals surface area contributed by atoms with Crippen molar-refractivity contribution < 1.29 is 4.21 Å². The van der Waals surface area contributed by atoms with Crippen LogP contribution in [0.3, 0.4) is 0 Å². The number of hydrogen-bond acceptors (Lipinski definition) is 3. The fourth-order valence-corrected chi connectivity index (χ4v) is 4.58. The molecule has 4 rings (SSSR count). The van der Waals surface area contributed by atoms with Gasteiger partial charge in [-0.1, -0.05) is 60.7 Å². The molecular weight excluding hydrogens is 388 g/mol. The molecule has 0 heterocycles. The number of aryl methyl sites for hydroxylation is 2. The number of para-hydroxylation sites is 4. The van der Waals surface area contributed by atoms with Gasteiger partial charge in [-0.25, -0.2) is 4.21 Å². The minimum Gasteiger partial charge on any atom is -0.354 e. The van der Waals surface area contributed by atoms with Crippen LogP contribution in [0.5, 0.6) is 0 Å². The average Bonchev–Trinajstić information content (AvgIpc) is 2.77. The molecule has 0 saturated heterocycles. The van der Waals surface area contributed by atoms with Gasteiger partial charge in [0, 0.05) is 11.4 Å². The van der Waals surface area contributed by atoms with Crippen molar-refractivity contribution in [3.05, 3.63) is 108 Å². The van der Waals surface area contributed by atoms with E-state index < -0.39 is 10.8 Å². The largest absolute Gasteiger partial charge is 0.354 e. The summed E-state index contributed by atoms with van der Waals surface area (Å²) < 4.78 is 13.7. The predicted molar refractivity (Wildman–Crippen MR) is 126 cm³/mol. The fourth-order valence-electron chi connectivity index (χ4n) is 3.30. The molecule has 150 valence electrons. The van der Waals surface area contributed by atoms with E-state index in [0.717, 1.165) is 43.7 Å². The number of benzene rings is 4. The zero-order chi connectivity index (χ0) is 20.9. The van der Waals surface area contributed by atoms with Gasteiger partial charge in [0.1, 0.15) is 0 Å². The molecule has 0 aliphatic rings. The summed E-state index contributed by atoms with van der Waals surface area (Å²) in [5.41, 5.74) is 5.98. The van der Waals surface area contributed by atoms with Crippen LogP contribution in [0, 0.1) is 13.8 Å². The Morgan fingerprint density at radius 3 is 1.23 bits per heavy atom. The van der Waals surface area contributed by atoms with E-state index in [0.29, 0.717) is 0 Å². The van der Waals surface area contributed by atoms with Gasteiger partial charge < -0.3 is 10.6 Å². The highest BCUT2D eigenvalue weighted by molar-refractivity contribution is 7.85. The zero-order valence-corrected chi connectivity index (χ0v) is 17.9. The number of hydrogen-bond donors (Lipinski definition) is 2. The smallest absolute Gasteiger partial charge is 0.0892 e. The molecule has 0 amide bonds. The van der Waals surface area contributed by atoms with Gasteiger partial charge >= 0.3 is 0 Å². The summed E-state index contributed by atoms with van der Waals surface area (Å²) in [6.07, 6.45) is 0. The number of rotatable bonds is 6. The molecule has 0 bridgehead atoms. The second kappa shape index (κ2) is 8.97. The lowest BCUT2D eigenvalue weighted by atomic mass is 10.2. The maximum absolute atomic E-state index is 13.7. The molecule has 0 aliphatic carbocycles. The van der Waals surface area contributed by atoms with E-state index in [1.54, 1.807) is 0 Å². The van der Waals surface area contributed by atoms with Gasteiger partial charge in [-0.05, 0) is 61.4 Å². The molecule has 0 aliphatic heterocycles. The van der Waals surface area contributed by atoms with Crippen molar-refractivity contribution in [3.8, 4) is 0 Å². The summed E-state index contributed by atoms with van der Waals surface area (Å²) in [7, 11) is -1.36. The first-order valence-corrected chi connectivity index (χ1v) is 11.0.